The Balaban J connectivity index is 2.39. The third-order valence-corrected chi connectivity index (χ3v) is 4.09. The fourth-order valence-electron chi connectivity index (χ4n) is 1.63. The molecule has 2 aromatic rings. The summed E-state index contributed by atoms with van der Waals surface area (Å²) in [5.74, 6) is 0.977. The Hall–Kier alpha value is -1.14. The first-order valence-electron chi connectivity index (χ1n) is 5.48. The molecule has 3 heteroatoms. The van der Waals surface area contributed by atoms with E-state index < -0.39 is 0 Å². The lowest BCUT2D eigenvalue weighted by Crippen LogP contribution is -2.27. The minimum atomic E-state index is -0.329. The van der Waals surface area contributed by atoms with Crippen LogP contribution in [0.25, 0.3) is 10.9 Å². The number of rotatable bonds is 3. The summed E-state index contributed by atoms with van der Waals surface area (Å²) in [6.07, 6.45) is 3.15. The molecule has 16 heavy (non-hydrogen) atoms. The molecule has 0 aliphatic rings. The van der Waals surface area contributed by atoms with E-state index >= 15 is 0 Å². The van der Waals surface area contributed by atoms with Gasteiger partial charge in [0.25, 0.3) is 0 Å². The fourth-order valence-corrected chi connectivity index (χ4v) is 2.23. The highest BCUT2D eigenvalue weighted by Crippen LogP contribution is 2.34. The standard InChI is InChI=1S/C13H17NOP/c1-4-16(3)15-12-8-7-11-6-5-9-14(2)13(11)10-12/h5-10H,4H2,1-3H3/q+1. The Morgan fingerprint density at radius 2 is 2.12 bits per heavy atom. The Bertz CT molecular complexity index is 498. The monoisotopic (exact) mass is 234 g/mol. The van der Waals surface area contributed by atoms with Crippen molar-refractivity contribution < 1.29 is 9.09 Å². The van der Waals surface area contributed by atoms with Gasteiger partial charge in [-0.1, -0.05) is 6.92 Å². The van der Waals surface area contributed by atoms with Gasteiger partial charge in [0, 0.05) is 11.5 Å². The summed E-state index contributed by atoms with van der Waals surface area (Å²) < 4.78 is 8.00. The molecule has 2 nitrogen and oxygen atoms in total. The summed E-state index contributed by atoms with van der Waals surface area (Å²) in [5, 5.41) is 1.24. The molecule has 1 aromatic heterocycles. The van der Waals surface area contributed by atoms with E-state index in [1.54, 1.807) is 0 Å². The summed E-state index contributed by atoms with van der Waals surface area (Å²) in [6, 6.07) is 10.5. The number of aromatic nitrogens is 1. The number of hydrogen-bond acceptors (Lipinski definition) is 1. The van der Waals surface area contributed by atoms with E-state index in [1.165, 1.54) is 10.9 Å². The highest BCUT2D eigenvalue weighted by atomic mass is 31.1. The number of hydrogen-bond donors (Lipinski definition) is 0. The van der Waals surface area contributed by atoms with Crippen molar-refractivity contribution in [3.8, 4) is 5.75 Å². The molecule has 0 radical (unpaired) electrons. The molecular formula is C13H17NOP+. The second-order valence-electron chi connectivity index (χ2n) is 3.88. The van der Waals surface area contributed by atoms with Crippen LogP contribution in [0.1, 0.15) is 6.92 Å². The molecule has 0 amide bonds. The van der Waals surface area contributed by atoms with Crippen molar-refractivity contribution in [1.82, 2.24) is 0 Å². The molecule has 84 valence electrons. The molecule has 1 atom stereocenters. The van der Waals surface area contributed by atoms with Crippen LogP contribution in [0.15, 0.2) is 36.5 Å². The molecule has 2 rings (SSSR count). The van der Waals surface area contributed by atoms with Crippen molar-refractivity contribution >= 4 is 19.1 Å². The predicted molar refractivity (Wildman–Crippen MR) is 69.1 cm³/mol. The Morgan fingerprint density at radius 1 is 1.31 bits per heavy atom. The highest BCUT2D eigenvalue weighted by molar-refractivity contribution is 7.52. The largest absolute Gasteiger partial charge is 0.474 e. The summed E-state index contributed by atoms with van der Waals surface area (Å²) in [4.78, 5) is 0. The minimum Gasteiger partial charge on any atom is -0.474 e. The van der Waals surface area contributed by atoms with Crippen LogP contribution in [-0.2, 0) is 7.05 Å². The number of benzene rings is 1. The van der Waals surface area contributed by atoms with E-state index in [9.17, 15) is 0 Å². The van der Waals surface area contributed by atoms with Gasteiger partial charge >= 0.3 is 0 Å². The van der Waals surface area contributed by atoms with Crippen molar-refractivity contribution in [1.29, 1.82) is 0 Å². The van der Waals surface area contributed by atoms with Crippen LogP contribution in [0.2, 0.25) is 0 Å². The number of nitrogens with zero attached hydrogens (tertiary/aromatic N) is 1. The lowest BCUT2D eigenvalue weighted by molar-refractivity contribution is -0.644. The Morgan fingerprint density at radius 3 is 2.88 bits per heavy atom. The fraction of sp³-hybridized carbons (Fsp3) is 0.308. The van der Waals surface area contributed by atoms with Gasteiger partial charge in [0.1, 0.15) is 12.8 Å². The summed E-state index contributed by atoms with van der Waals surface area (Å²) in [7, 11) is 1.73. The lowest BCUT2D eigenvalue weighted by Gasteiger charge is -2.11. The van der Waals surface area contributed by atoms with E-state index in [2.05, 4.69) is 61.7 Å². The Labute approximate surface area is 97.7 Å². The molecule has 0 saturated carbocycles. The van der Waals surface area contributed by atoms with Crippen LogP contribution < -0.4 is 9.09 Å². The average Bonchev–Trinajstić information content (AvgIpc) is 2.30. The zero-order valence-electron chi connectivity index (χ0n) is 9.97. The van der Waals surface area contributed by atoms with Gasteiger partial charge in [0.2, 0.25) is 5.52 Å². The van der Waals surface area contributed by atoms with Gasteiger partial charge in [0.15, 0.2) is 6.20 Å². The highest BCUT2D eigenvalue weighted by Gasteiger charge is 2.07. The van der Waals surface area contributed by atoms with Gasteiger partial charge in [0.05, 0.1) is 14.2 Å². The van der Waals surface area contributed by atoms with E-state index in [-0.39, 0.29) is 8.15 Å². The molecule has 0 N–H and O–H groups in total. The third-order valence-electron chi connectivity index (χ3n) is 2.67. The number of aryl methyl sites for hydroxylation is 1. The van der Waals surface area contributed by atoms with Crippen LogP contribution >= 0.6 is 8.15 Å². The Kier molecular flexibility index (Phi) is 3.40. The normalized spacial score (nSPS) is 12.7. The molecule has 0 aliphatic heterocycles. The first-order valence-corrected chi connectivity index (χ1v) is 7.37. The quantitative estimate of drug-likeness (QED) is 0.587. The average molecular weight is 234 g/mol. The van der Waals surface area contributed by atoms with Gasteiger partial charge in [-0.3, -0.25) is 0 Å². The molecule has 1 unspecified atom stereocenters. The van der Waals surface area contributed by atoms with Crippen molar-refractivity contribution in [2.45, 2.75) is 6.92 Å². The molecule has 0 fully saturated rings. The summed E-state index contributed by atoms with van der Waals surface area (Å²) >= 11 is 0. The van der Waals surface area contributed by atoms with Crippen molar-refractivity contribution in [2.75, 3.05) is 12.8 Å². The van der Waals surface area contributed by atoms with E-state index in [4.69, 9.17) is 4.52 Å². The maximum Gasteiger partial charge on any atom is 0.215 e. The predicted octanol–water partition coefficient (Wildman–Crippen LogP) is 3.09. The van der Waals surface area contributed by atoms with Gasteiger partial charge in [-0.15, -0.1) is 0 Å². The van der Waals surface area contributed by atoms with Crippen LogP contribution in [0, 0.1) is 0 Å². The topological polar surface area (TPSA) is 13.1 Å². The second kappa shape index (κ2) is 4.80. The zero-order chi connectivity index (χ0) is 11.5. The molecule has 1 heterocycles. The maximum atomic E-state index is 5.88. The van der Waals surface area contributed by atoms with E-state index in [0.717, 1.165) is 11.9 Å². The van der Waals surface area contributed by atoms with Crippen LogP contribution in [0.5, 0.6) is 5.75 Å². The lowest BCUT2D eigenvalue weighted by atomic mass is 10.2. The van der Waals surface area contributed by atoms with Gasteiger partial charge in [-0.05, 0) is 31.0 Å². The molecule has 1 aromatic carbocycles. The van der Waals surface area contributed by atoms with Gasteiger partial charge < -0.3 is 4.52 Å². The van der Waals surface area contributed by atoms with Gasteiger partial charge in [-0.25, -0.2) is 4.57 Å². The van der Waals surface area contributed by atoms with Crippen molar-refractivity contribution in [3.63, 3.8) is 0 Å². The van der Waals surface area contributed by atoms with E-state index in [0.29, 0.717) is 0 Å². The molecule has 0 spiro atoms. The SMILES string of the molecule is CCP(C)Oc1ccc2ccc[n+](C)c2c1. The summed E-state index contributed by atoms with van der Waals surface area (Å²) in [5.41, 5.74) is 1.21. The maximum absolute atomic E-state index is 5.88. The van der Waals surface area contributed by atoms with E-state index in [1.807, 2.05) is 0 Å². The van der Waals surface area contributed by atoms with Crippen LogP contribution in [-0.4, -0.2) is 12.8 Å². The van der Waals surface area contributed by atoms with Gasteiger partial charge in [-0.2, -0.15) is 0 Å². The van der Waals surface area contributed by atoms with Crippen LogP contribution in [0.4, 0.5) is 0 Å². The molecule has 0 bridgehead atoms. The molecular weight excluding hydrogens is 217 g/mol. The zero-order valence-corrected chi connectivity index (χ0v) is 10.9. The smallest absolute Gasteiger partial charge is 0.215 e. The van der Waals surface area contributed by atoms with Crippen LogP contribution in [0.3, 0.4) is 0 Å². The molecule has 0 aliphatic carbocycles. The first kappa shape index (κ1) is 11.3. The second-order valence-corrected chi connectivity index (χ2v) is 5.95. The number of pyridine rings is 1. The number of fused-ring (bicyclic) bond motifs is 1. The van der Waals surface area contributed by atoms with Crippen molar-refractivity contribution in [2.24, 2.45) is 7.05 Å². The van der Waals surface area contributed by atoms with Crippen molar-refractivity contribution in [3.05, 3.63) is 36.5 Å². The summed E-state index contributed by atoms with van der Waals surface area (Å²) in [6.45, 7) is 4.32. The first-order chi connectivity index (χ1) is 7.70. The third kappa shape index (κ3) is 2.33. The molecule has 0 saturated heterocycles. The minimum absolute atomic E-state index is 0.329.